The number of rotatable bonds is 4. The predicted molar refractivity (Wildman–Crippen MR) is 256 cm³/mol. The fraction of sp³-hybridized carbons (Fsp3) is 0.0877. The summed E-state index contributed by atoms with van der Waals surface area (Å²) in [6.45, 7) is 2.29. The van der Waals surface area contributed by atoms with Crippen molar-refractivity contribution in [3.63, 3.8) is 0 Å². The first-order chi connectivity index (χ1) is 30.6. The summed E-state index contributed by atoms with van der Waals surface area (Å²) in [6, 6.07) is 60.5. The van der Waals surface area contributed by atoms with Gasteiger partial charge in [0.2, 0.25) is 0 Å². The van der Waals surface area contributed by atoms with Gasteiger partial charge in [-0.1, -0.05) is 134 Å². The first kappa shape index (κ1) is 35.0. The van der Waals surface area contributed by atoms with E-state index < -0.39 is 0 Å². The number of nitrogens with zero attached hydrogens (tertiary/aromatic N) is 3. The van der Waals surface area contributed by atoms with Gasteiger partial charge >= 0.3 is 0 Å². The molecular weight excluding hydrogens is 759 g/mol. The summed E-state index contributed by atoms with van der Waals surface area (Å²) < 4.78 is 15.5. The Morgan fingerprint density at radius 2 is 1.27 bits per heavy atom. The van der Waals surface area contributed by atoms with Crippen molar-refractivity contribution in [2.45, 2.75) is 25.4 Å². The standard InChI is InChI=1S/C57H39N3O2/c1-34-22-27-47(58-57(40-24-23-35-12-2-3-13-36(35)30-40)59-55(34)39-25-28-52-46(32-39)42-17-7-10-20-50(42)61-52)43-26-29-53-54(44-18-8-11-21-51(44)62-53)56(43)60-48-19-9-6-16-41(48)45-31-37-14-4-5-15-38(37)33-49(45)60/h2-21,23-34,53-54H,22H2,1H3/b47-27+,58-57-,59-55+. The molecule has 0 saturated carbocycles. The van der Waals surface area contributed by atoms with E-state index in [1.54, 1.807) is 0 Å². The van der Waals surface area contributed by atoms with Gasteiger partial charge in [-0.3, -0.25) is 0 Å². The van der Waals surface area contributed by atoms with E-state index in [2.05, 4.69) is 187 Å². The molecule has 2 aromatic heterocycles. The molecule has 0 fully saturated rings. The van der Waals surface area contributed by atoms with E-state index in [0.717, 1.165) is 84.3 Å². The number of furan rings is 1. The van der Waals surface area contributed by atoms with Gasteiger partial charge < -0.3 is 13.7 Å². The Morgan fingerprint density at radius 3 is 2.16 bits per heavy atom. The van der Waals surface area contributed by atoms with Crippen molar-refractivity contribution < 1.29 is 9.15 Å². The van der Waals surface area contributed by atoms with Gasteiger partial charge in [-0.2, -0.15) is 0 Å². The Morgan fingerprint density at radius 1 is 0.565 bits per heavy atom. The largest absolute Gasteiger partial charge is 0.485 e. The number of ether oxygens (including phenoxy) is 1. The van der Waals surface area contributed by atoms with E-state index in [1.165, 1.54) is 32.5 Å². The molecule has 0 bridgehead atoms. The number of fused-ring (bicyclic) bond motifs is 11. The fourth-order valence-corrected chi connectivity index (χ4v) is 10.2. The van der Waals surface area contributed by atoms with Crippen molar-refractivity contribution in [1.29, 1.82) is 0 Å². The number of amidine groups is 1. The monoisotopic (exact) mass is 797 g/mol. The van der Waals surface area contributed by atoms with Crippen LogP contribution in [0.15, 0.2) is 214 Å². The molecule has 3 atom stereocenters. The number of hydrogen-bond acceptors (Lipinski definition) is 4. The Balaban J connectivity index is 1.08. The van der Waals surface area contributed by atoms with E-state index in [9.17, 15) is 0 Å². The number of para-hydroxylation sites is 3. The maximum Gasteiger partial charge on any atom is 0.160 e. The number of allylic oxidation sites excluding steroid dienone is 2. The summed E-state index contributed by atoms with van der Waals surface area (Å²) >= 11 is 0. The average molecular weight is 798 g/mol. The van der Waals surface area contributed by atoms with Crippen LogP contribution in [-0.4, -0.2) is 22.2 Å². The molecule has 62 heavy (non-hydrogen) atoms. The minimum Gasteiger partial charge on any atom is -0.485 e. The third-order valence-corrected chi connectivity index (χ3v) is 13.2. The van der Waals surface area contributed by atoms with Crippen LogP contribution < -0.4 is 4.74 Å². The Kier molecular flexibility index (Phi) is 7.70. The van der Waals surface area contributed by atoms with Gasteiger partial charge in [0.15, 0.2) is 5.84 Å². The lowest BCUT2D eigenvalue weighted by Gasteiger charge is -2.29. The number of hydrogen-bond donors (Lipinski definition) is 0. The van der Waals surface area contributed by atoms with E-state index in [4.69, 9.17) is 19.1 Å². The van der Waals surface area contributed by atoms with Crippen LogP contribution >= 0.6 is 0 Å². The van der Waals surface area contributed by atoms with Crippen molar-refractivity contribution >= 4 is 82.5 Å². The van der Waals surface area contributed by atoms with E-state index in [1.807, 2.05) is 12.1 Å². The van der Waals surface area contributed by atoms with Crippen LogP contribution in [0.1, 0.15) is 36.0 Å². The Hall–Kier alpha value is -7.76. The quantitative estimate of drug-likeness (QED) is 0.178. The van der Waals surface area contributed by atoms with Crippen LogP contribution in [0.2, 0.25) is 0 Å². The summed E-state index contributed by atoms with van der Waals surface area (Å²) in [5.41, 5.74) is 11.4. The highest BCUT2D eigenvalue weighted by Gasteiger charge is 2.41. The van der Waals surface area contributed by atoms with Crippen molar-refractivity contribution in [3.8, 4) is 5.75 Å². The molecule has 0 N–H and O–H groups in total. The lowest BCUT2D eigenvalue weighted by Crippen LogP contribution is -2.24. The molecule has 8 aromatic carbocycles. The average Bonchev–Trinajstić information content (AvgIpc) is 3.98. The first-order valence-electron chi connectivity index (χ1n) is 21.5. The summed E-state index contributed by atoms with van der Waals surface area (Å²) in [6.07, 6.45) is 7.42. The van der Waals surface area contributed by atoms with Gasteiger partial charge in [-0.05, 0) is 94.2 Å². The smallest absolute Gasteiger partial charge is 0.160 e. The topological polar surface area (TPSA) is 52.0 Å². The Bertz CT molecular complexity index is 3690. The van der Waals surface area contributed by atoms with Crippen LogP contribution in [0.5, 0.6) is 5.75 Å². The van der Waals surface area contributed by atoms with Gasteiger partial charge in [0.1, 0.15) is 23.0 Å². The summed E-state index contributed by atoms with van der Waals surface area (Å²) in [5.74, 6) is 1.61. The minimum atomic E-state index is -0.168. The van der Waals surface area contributed by atoms with Crippen LogP contribution in [0, 0.1) is 5.92 Å². The van der Waals surface area contributed by atoms with E-state index in [0.29, 0.717) is 5.84 Å². The molecule has 3 aliphatic rings. The SMILES string of the molecule is CC1C/C=C(C2=C(n3c4ccccc4c4cc5ccccc5cc43)C3c4ccccc4OC3C=C2)/N=C(c2ccc3ccccc3c2)\N=C/1c1ccc2oc3ccccc3c2c1. The second kappa shape index (κ2) is 13.6. The zero-order chi connectivity index (χ0) is 40.9. The third-order valence-electron chi connectivity index (χ3n) is 13.2. The van der Waals surface area contributed by atoms with Gasteiger partial charge in [-0.25, -0.2) is 9.98 Å². The number of aliphatic imine (C=N–C) groups is 2. The molecule has 0 radical (unpaired) electrons. The zero-order valence-electron chi connectivity index (χ0n) is 34.0. The summed E-state index contributed by atoms with van der Waals surface area (Å²) in [5, 5.41) is 9.39. The highest BCUT2D eigenvalue weighted by molar-refractivity contribution is 6.17. The number of aromatic nitrogens is 1. The van der Waals surface area contributed by atoms with Crippen LogP contribution in [0.4, 0.5) is 0 Å². The molecule has 13 rings (SSSR count). The van der Waals surface area contributed by atoms with Gasteiger partial charge in [0.05, 0.1) is 28.4 Å². The maximum absolute atomic E-state index is 6.76. The normalized spacial score (nSPS) is 21.3. The fourth-order valence-electron chi connectivity index (χ4n) is 10.2. The molecule has 2 aliphatic heterocycles. The lowest BCUT2D eigenvalue weighted by atomic mass is 9.83. The molecule has 5 heteroatoms. The molecule has 0 amide bonds. The Labute approximate surface area is 357 Å². The molecule has 4 heterocycles. The summed E-state index contributed by atoms with van der Waals surface area (Å²) in [7, 11) is 0. The minimum absolute atomic E-state index is 0.0738. The van der Waals surface area contributed by atoms with E-state index in [-0.39, 0.29) is 17.9 Å². The third kappa shape index (κ3) is 5.41. The summed E-state index contributed by atoms with van der Waals surface area (Å²) in [4.78, 5) is 11.3. The number of benzene rings is 8. The lowest BCUT2D eigenvalue weighted by molar-refractivity contribution is 0.269. The second-order valence-corrected chi connectivity index (χ2v) is 16.9. The molecule has 10 aromatic rings. The second-order valence-electron chi connectivity index (χ2n) is 16.9. The zero-order valence-corrected chi connectivity index (χ0v) is 34.0. The van der Waals surface area contributed by atoms with Crippen LogP contribution in [-0.2, 0) is 0 Å². The van der Waals surface area contributed by atoms with Gasteiger partial charge in [-0.15, -0.1) is 0 Å². The molecule has 0 saturated heterocycles. The van der Waals surface area contributed by atoms with Crippen molar-refractivity contribution in [2.24, 2.45) is 15.9 Å². The molecular formula is C57H39N3O2. The molecule has 294 valence electrons. The van der Waals surface area contributed by atoms with Crippen LogP contribution in [0.3, 0.4) is 0 Å². The molecule has 0 spiro atoms. The van der Waals surface area contributed by atoms with Crippen molar-refractivity contribution in [1.82, 2.24) is 4.57 Å². The van der Waals surface area contributed by atoms with E-state index >= 15 is 0 Å². The molecule has 3 unspecified atom stereocenters. The molecule has 1 aliphatic carbocycles. The van der Waals surface area contributed by atoms with Crippen LogP contribution in [0.25, 0.3) is 71.0 Å². The highest BCUT2D eigenvalue weighted by Crippen LogP contribution is 2.51. The van der Waals surface area contributed by atoms with Crippen molar-refractivity contribution in [3.05, 3.63) is 216 Å². The highest BCUT2D eigenvalue weighted by atomic mass is 16.5. The maximum atomic E-state index is 6.76. The molecule has 5 nitrogen and oxygen atoms in total. The predicted octanol–water partition coefficient (Wildman–Crippen LogP) is 14.2. The first-order valence-corrected chi connectivity index (χ1v) is 21.5. The van der Waals surface area contributed by atoms with Crippen molar-refractivity contribution in [2.75, 3.05) is 0 Å². The van der Waals surface area contributed by atoms with Gasteiger partial charge in [0.25, 0.3) is 0 Å². The van der Waals surface area contributed by atoms with Gasteiger partial charge in [0, 0.05) is 49.9 Å².